The highest BCUT2D eigenvalue weighted by molar-refractivity contribution is 14.1. The second-order valence-corrected chi connectivity index (χ2v) is 4.65. The van der Waals surface area contributed by atoms with Gasteiger partial charge in [0.2, 0.25) is 0 Å². The van der Waals surface area contributed by atoms with Gasteiger partial charge in [-0.3, -0.25) is 0 Å². The van der Waals surface area contributed by atoms with Gasteiger partial charge in [0.25, 0.3) is 0 Å². The fourth-order valence-corrected chi connectivity index (χ4v) is 2.03. The molecule has 1 aliphatic rings. The van der Waals surface area contributed by atoms with Crippen LogP contribution in [0.1, 0.15) is 15.9 Å². The third-order valence-corrected chi connectivity index (χ3v) is 2.87. The first-order chi connectivity index (χ1) is 7.76. The lowest BCUT2D eigenvalue weighted by Gasteiger charge is -2.15. The minimum atomic E-state index is -4.65. The number of alkyl halides is 3. The van der Waals surface area contributed by atoms with Crippen LogP contribution in [0.3, 0.4) is 0 Å². The summed E-state index contributed by atoms with van der Waals surface area (Å²) in [6.07, 6.45) is -4.65. The Morgan fingerprint density at radius 2 is 1.88 bits per heavy atom. The highest BCUT2D eigenvalue weighted by atomic mass is 127. The zero-order valence-electron chi connectivity index (χ0n) is 7.99. The summed E-state index contributed by atoms with van der Waals surface area (Å²) in [5.74, 6) is -1.29. The average Bonchev–Trinajstić information content (AvgIpc) is 2.95. The molecule has 0 atom stereocenters. The second kappa shape index (κ2) is 3.65. The summed E-state index contributed by atoms with van der Waals surface area (Å²) in [5.41, 5.74) is -3.06. The van der Waals surface area contributed by atoms with Crippen LogP contribution in [0.4, 0.5) is 13.2 Å². The molecule has 1 aromatic carbocycles. The Morgan fingerprint density at radius 3 is 2.29 bits per heavy atom. The lowest BCUT2D eigenvalue weighted by atomic mass is 10.0. The normalized spacial score (nSPS) is 16.9. The van der Waals surface area contributed by atoms with Crippen molar-refractivity contribution in [2.24, 2.45) is 10.2 Å². The quantitative estimate of drug-likeness (QED) is 0.828. The molecule has 1 heterocycles. The summed E-state index contributed by atoms with van der Waals surface area (Å²) >= 11 is 1.75. The fraction of sp³-hybridized carbons (Fsp3) is 0.222. The average molecular weight is 356 g/mol. The van der Waals surface area contributed by atoms with Crippen LogP contribution < -0.4 is 0 Å². The molecule has 0 aliphatic carbocycles. The zero-order valence-corrected chi connectivity index (χ0v) is 10.2. The van der Waals surface area contributed by atoms with E-state index in [2.05, 4.69) is 10.2 Å². The first-order valence-electron chi connectivity index (χ1n) is 4.31. The maximum atomic E-state index is 12.7. The molecule has 0 unspecified atom stereocenters. The molecule has 0 fully saturated rings. The van der Waals surface area contributed by atoms with Crippen molar-refractivity contribution in [2.75, 3.05) is 0 Å². The number of carboxylic acid groups (broad SMARTS) is 1. The largest absolute Gasteiger partial charge is 0.478 e. The predicted molar refractivity (Wildman–Crippen MR) is 58.7 cm³/mol. The van der Waals surface area contributed by atoms with Crippen molar-refractivity contribution >= 4 is 28.6 Å². The van der Waals surface area contributed by atoms with E-state index in [1.807, 2.05) is 0 Å². The van der Waals surface area contributed by atoms with Crippen molar-refractivity contribution in [1.29, 1.82) is 0 Å². The van der Waals surface area contributed by atoms with Crippen LogP contribution >= 0.6 is 22.6 Å². The van der Waals surface area contributed by atoms with Crippen LogP contribution in [0.25, 0.3) is 0 Å². The molecule has 0 amide bonds. The van der Waals surface area contributed by atoms with Crippen LogP contribution in [0, 0.1) is 3.57 Å². The van der Waals surface area contributed by atoms with Crippen molar-refractivity contribution in [3.63, 3.8) is 0 Å². The molecule has 17 heavy (non-hydrogen) atoms. The number of hydrogen-bond donors (Lipinski definition) is 1. The van der Waals surface area contributed by atoms with Crippen molar-refractivity contribution in [1.82, 2.24) is 0 Å². The summed E-state index contributed by atoms with van der Waals surface area (Å²) in [4.78, 5) is 10.8. The summed E-state index contributed by atoms with van der Waals surface area (Å²) in [6, 6.07) is 3.44. The number of nitrogens with zero attached hydrogens (tertiary/aromatic N) is 2. The molecule has 90 valence electrons. The molecule has 1 aromatic rings. The van der Waals surface area contributed by atoms with Gasteiger partial charge < -0.3 is 5.11 Å². The van der Waals surface area contributed by atoms with Crippen molar-refractivity contribution in [3.05, 3.63) is 32.9 Å². The van der Waals surface area contributed by atoms with Gasteiger partial charge in [-0.2, -0.15) is 13.2 Å². The molecule has 2 rings (SSSR count). The number of hydrogen-bond acceptors (Lipinski definition) is 3. The van der Waals surface area contributed by atoms with Gasteiger partial charge in [0.05, 0.1) is 5.56 Å². The first kappa shape index (κ1) is 12.3. The Bertz CT molecular complexity index is 521. The monoisotopic (exact) mass is 356 g/mol. The number of carbonyl (C=O) groups is 1. The third-order valence-electron chi connectivity index (χ3n) is 2.24. The number of halogens is 4. The molecule has 1 N–H and O–H groups in total. The van der Waals surface area contributed by atoms with Gasteiger partial charge >= 0.3 is 17.8 Å². The van der Waals surface area contributed by atoms with Crippen molar-refractivity contribution in [3.8, 4) is 0 Å². The van der Waals surface area contributed by atoms with Crippen LogP contribution in [0.15, 0.2) is 28.4 Å². The molecule has 0 aromatic heterocycles. The van der Waals surface area contributed by atoms with Gasteiger partial charge in [0.15, 0.2) is 0 Å². The second-order valence-electron chi connectivity index (χ2n) is 3.40. The van der Waals surface area contributed by atoms with Gasteiger partial charge in [-0.05, 0) is 40.8 Å². The van der Waals surface area contributed by atoms with Crippen LogP contribution in [-0.2, 0) is 5.66 Å². The van der Waals surface area contributed by atoms with E-state index >= 15 is 0 Å². The van der Waals surface area contributed by atoms with E-state index in [0.717, 1.165) is 6.07 Å². The number of carboxylic acids is 1. The van der Waals surface area contributed by atoms with E-state index in [1.54, 1.807) is 22.6 Å². The smallest absolute Gasteiger partial charge is 0.442 e. The Labute approximate surface area is 107 Å². The van der Waals surface area contributed by atoms with Crippen molar-refractivity contribution in [2.45, 2.75) is 11.8 Å². The predicted octanol–water partition coefficient (Wildman–Crippen LogP) is 3.17. The number of rotatable bonds is 2. The molecule has 0 radical (unpaired) electrons. The molecular weight excluding hydrogens is 352 g/mol. The SMILES string of the molecule is O=C(O)c1cc(I)cc(C2(C(F)(F)F)N=N2)c1. The molecule has 0 spiro atoms. The van der Waals surface area contributed by atoms with Crippen LogP contribution in [-0.4, -0.2) is 17.3 Å². The van der Waals surface area contributed by atoms with E-state index < -0.39 is 17.8 Å². The van der Waals surface area contributed by atoms with E-state index in [-0.39, 0.29) is 11.1 Å². The Kier molecular flexibility index (Phi) is 2.64. The van der Waals surface area contributed by atoms with Crippen LogP contribution in [0.5, 0.6) is 0 Å². The van der Waals surface area contributed by atoms with Crippen LogP contribution in [0.2, 0.25) is 0 Å². The van der Waals surface area contributed by atoms with Gasteiger partial charge in [0, 0.05) is 9.13 Å². The zero-order chi connectivity index (χ0) is 12.8. The van der Waals surface area contributed by atoms with Gasteiger partial charge in [-0.25, -0.2) is 4.79 Å². The van der Waals surface area contributed by atoms with Gasteiger partial charge in [-0.1, -0.05) is 0 Å². The van der Waals surface area contributed by atoms with E-state index in [4.69, 9.17) is 5.11 Å². The van der Waals surface area contributed by atoms with E-state index in [1.165, 1.54) is 12.1 Å². The molecule has 0 saturated carbocycles. The molecule has 1 aliphatic heterocycles. The minimum Gasteiger partial charge on any atom is -0.478 e. The minimum absolute atomic E-state index is 0.215. The standard InChI is InChI=1S/C9H4F3IN2O2/c10-9(11,12)8(14-15-8)5-1-4(7(16)17)2-6(13)3-5/h1-3H,(H,16,17). The molecule has 0 bridgehead atoms. The topological polar surface area (TPSA) is 62.0 Å². The highest BCUT2D eigenvalue weighted by Gasteiger charge is 2.65. The molecule has 0 saturated heterocycles. The summed E-state index contributed by atoms with van der Waals surface area (Å²) in [6.45, 7) is 0. The van der Waals surface area contributed by atoms with Gasteiger partial charge in [0.1, 0.15) is 0 Å². The lowest BCUT2D eigenvalue weighted by Crippen LogP contribution is -2.30. The van der Waals surface area contributed by atoms with E-state index in [0.29, 0.717) is 3.57 Å². The summed E-state index contributed by atoms with van der Waals surface area (Å²) in [5, 5.41) is 14.8. The number of benzene rings is 1. The fourth-order valence-electron chi connectivity index (χ4n) is 1.36. The molecule has 8 heteroatoms. The van der Waals surface area contributed by atoms with Gasteiger partial charge in [-0.15, -0.1) is 10.2 Å². The molecule has 4 nitrogen and oxygen atoms in total. The maximum Gasteiger partial charge on any atom is 0.442 e. The maximum absolute atomic E-state index is 12.7. The molecular formula is C9H4F3IN2O2. The lowest BCUT2D eigenvalue weighted by molar-refractivity contribution is -0.166. The van der Waals surface area contributed by atoms with E-state index in [9.17, 15) is 18.0 Å². The Morgan fingerprint density at radius 1 is 1.29 bits per heavy atom. The Balaban J connectivity index is 2.51. The Hall–Kier alpha value is -1.19. The third kappa shape index (κ3) is 2.01. The van der Waals surface area contributed by atoms with Crippen molar-refractivity contribution < 1.29 is 23.1 Å². The summed E-state index contributed by atoms with van der Waals surface area (Å²) < 4.78 is 38.5. The number of aromatic carboxylic acids is 1. The first-order valence-corrected chi connectivity index (χ1v) is 5.39. The highest BCUT2D eigenvalue weighted by Crippen LogP contribution is 2.52. The summed E-state index contributed by atoms with van der Waals surface area (Å²) in [7, 11) is 0.